The molecule has 0 fully saturated rings. The van der Waals surface area contributed by atoms with Crippen molar-refractivity contribution in [2.75, 3.05) is 6.54 Å². The summed E-state index contributed by atoms with van der Waals surface area (Å²) in [5.74, 6) is -1.27. The molecule has 0 aromatic rings. The van der Waals surface area contributed by atoms with E-state index in [-0.39, 0.29) is 18.0 Å². The van der Waals surface area contributed by atoms with Gasteiger partial charge in [0.05, 0.1) is 0 Å². The summed E-state index contributed by atoms with van der Waals surface area (Å²) in [7, 11) is 0. The Bertz CT molecular complexity index is 957. The predicted molar refractivity (Wildman–Crippen MR) is 220 cm³/mol. The monoisotopic (exact) mass is 729 g/mol. The molecule has 0 heterocycles. The van der Waals surface area contributed by atoms with Crippen LogP contribution in [0.3, 0.4) is 0 Å². The summed E-state index contributed by atoms with van der Waals surface area (Å²) in [6.45, 7) is 4.82. The summed E-state index contributed by atoms with van der Waals surface area (Å²) >= 11 is 0. The topological polar surface area (TPSA) is 119 Å². The van der Waals surface area contributed by atoms with Gasteiger partial charge in [0.15, 0.2) is 0 Å². The first-order chi connectivity index (χ1) is 25.4. The van der Waals surface area contributed by atoms with Crippen LogP contribution in [0.15, 0.2) is 48.6 Å². The van der Waals surface area contributed by atoms with Crippen LogP contribution in [0.2, 0.25) is 0 Å². The van der Waals surface area contributed by atoms with Crippen molar-refractivity contribution < 1.29 is 24.2 Å². The number of carbonyl (C=O) groups excluding carboxylic acids is 2. The first kappa shape index (κ1) is 49.3. The second kappa shape index (κ2) is 39.5. The first-order valence-corrected chi connectivity index (χ1v) is 21.5. The van der Waals surface area contributed by atoms with E-state index in [1.165, 1.54) is 51.4 Å². The third kappa shape index (κ3) is 35.7. The zero-order chi connectivity index (χ0) is 38.2. The number of carbonyl (C=O) groups is 3. The number of carboxylic acid groups (broad SMARTS) is 1. The molecule has 4 N–H and O–H groups in total. The van der Waals surface area contributed by atoms with Crippen LogP contribution in [0.4, 0.5) is 0 Å². The van der Waals surface area contributed by atoms with Crippen molar-refractivity contribution >= 4 is 17.8 Å². The van der Waals surface area contributed by atoms with Crippen molar-refractivity contribution in [3.8, 4) is 0 Å². The Morgan fingerprint density at radius 2 is 1.08 bits per heavy atom. The molecule has 0 bridgehead atoms. The van der Waals surface area contributed by atoms with Crippen LogP contribution in [0.5, 0.6) is 0 Å². The maximum absolute atomic E-state index is 12.8. The number of hydrogen-bond donors (Lipinski definition) is 3. The number of ether oxygens (including phenoxy) is 1. The van der Waals surface area contributed by atoms with E-state index < -0.39 is 12.0 Å². The van der Waals surface area contributed by atoms with Gasteiger partial charge in [-0.25, -0.2) is 4.79 Å². The summed E-state index contributed by atoms with van der Waals surface area (Å²) in [4.78, 5) is 36.3. The molecular weight excluding hydrogens is 649 g/mol. The zero-order valence-corrected chi connectivity index (χ0v) is 33.6. The molecule has 0 aromatic heterocycles. The van der Waals surface area contributed by atoms with Crippen LogP contribution < -0.4 is 11.1 Å². The lowest BCUT2D eigenvalue weighted by molar-refractivity contribution is -0.150. The Morgan fingerprint density at radius 3 is 1.69 bits per heavy atom. The van der Waals surface area contributed by atoms with Crippen LogP contribution in [-0.2, 0) is 19.1 Å². The molecule has 0 radical (unpaired) electrons. The van der Waals surface area contributed by atoms with Gasteiger partial charge in [-0.15, -0.1) is 0 Å². The van der Waals surface area contributed by atoms with Crippen LogP contribution >= 0.6 is 0 Å². The van der Waals surface area contributed by atoms with Crippen molar-refractivity contribution in [1.29, 1.82) is 0 Å². The molecule has 0 rings (SSSR count). The highest BCUT2D eigenvalue weighted by atomic mass is 16.5. The smallest absolute Gasteiger partial charge is 0.326 e. The van der Waals surface area contributed by atoms with E-state index in [0.717, 1.165) is 109 Å². The maximum atomic E-state index is 12.8. The van der Waals surface area contributed by atoms with Crippen molar-refractivity contribution in [2.45, 2.75) is 212 Å². The molecule has 0 saturated carbocycles. The first-order valence-electron chi connectivity index (χ1n) is 21.5. The summed E-state index contributed by atoms with van der Waals surface area (Å²) in [6, 6.07) is -0.861. The fourth-order valence-electron chi connectivity index (χ4n) is 6.17. The molecule has 0 aliphatic heterocycles. The van der Waals surface area contributed by atoms with Crippen molar-refractivity contribution in [2.24, 2.45) is 5.73 Å². The highest BCUT2D eigenvalue weighted by molar-refractivity contribution is 5.83. The number of rotatable bonds is 38. The number of esters is 1. The molecule has 0 spiro atoms. The lowest BCUT2D eigenvalue weighted by Crippen LogP contribution is -2.40. The number of amides is 1. The number of nitrogens with one attached hydrogen (secondary N) is 1. The Balaban J connectivity index is 4.38. The molecule has 0 aromatic carbocycles. The van der Waals surface area contributed by atoms with Gasteiger partial charge in [0.1, 0.15) is 12.1 Å². The van der Waals surface area contributed by atoms with Crippen molar-refractivity contribution in [3.05, 3.63) is 48.6 Å². The van der Waals surface area contributed by atoms with E-state index in [2.05, 4.69) is 67.8 Å². The van der Waals surface area contributed by atoms with E-state index in [0.29, 0.717) is 32.2 Å². The molecule has 0 aliphatic carbocycles. The lowest BCUT2D eigenvalue weighted by Gasteiger charge is -2.18. The second-order valence-electron chi connectivity index (χ2n) is 14.4. The molecule has 52 heavy (non-hydrogen) atoms. The molecule has 7 heteroatoms. The van der Waals surface area contributed by atoms with Gasteiger partial charge in [-0.05, 0) is 109 Å². The molecule has 0 saturated heterocycles. The maximum Gasteiger partial charge on any atom is 0.326 e. The van der Waals surface area contributed by atoms with Crippen LogP contribution in [0.1, 0.15) is 200 Å². The second-order valence-corrected chi connectivity index (χ2v) is 14.4. The largest absolute Gasteiger partial charge is 0.480 e. The minimum Gasteiger partial charge on any atom is -0.480 e. The highest BCUT2D eigenvalue weighted by Crippen LogP contribution is 2.18. The van der Waals surface area contributed by atoms with Gasteiger partial charge in [-0.1, -0.05) is 133 Å². The minimum atomic E-state index is -1.01. The predicted octanol–water partition coefficient (Wildman–Crippen LogP) is 12.0. The molecule has 0 aliphatic rings. The highest BCUT2D eigenvalue weighted by Gasteiger charge is 2.19. The normalized spacial score (nSPS) is 13.1. The Kier molecular flexibility index (Phi) is 37.5. The van der Waals surface area contributed by atoms with Gasteiger partial charge in [0, 0.05) is 12.8 Å². The number of unbranched alkanes of at least 4 members (excludes halogenated alkanes) is 16. The standard InChI is InChI=1S/C45H80N2O5/c1-3-5-7-9-11-13-15-16-17-18-20-22-24-29-33-39-44(49)52-41(35-30-26-23-21-19-14-12-10-8-6-4-2)36-31-27-25-28-32-38-43(48)47-42(45(50)51)37-34-40-46/h5,7,11,13,16-17,21,23,41-42H,3-4,6,8-10,12,14-15,18-20,22,24-40,46H2,1-2H3,(H,47,48)(H,50,51)/b7-5-,13-11-,17-16-,23-21-. The van der Waals surface area contributed by atoms with Crippen LogP contribution in [0.25, 0.3) is 0 Å². The van der Waals surface area contributed by atoms with Gasteiger partial charge < -0.3 is 20.9 Å². The third-order valence-electron chi connectivity index (χ3n) is 9.38. The average molecular weight is 729 g/mol. The summed E-state index contributed by atoms with van der Waals surface area (Å²) < 4.78 is 6.01. The van der Waals surface area contributed by atoms with Gasteiger partial charge in [-0.2, -0.15) is 0 Å². The zero-order valence-electron chi connectivity index (χ0n) is 33.6. The van der Waals surface area contributed by atoms with Crippen LogP contribution in [-0.4, -0.2) is 41.6 Å². The molecule has 2 unspecified atom stereocenters. The molecular formula is C45H80N2O5. The van der Waals surface area contributed by atoms with E-state index in [4.69, 9.17) is 10.5 Å². The minimum absolute atomic E-state index is 0.0267. The Hall–Kier alpha value is -2.67. The summed E-state index contributed by atoms with van der Waals surface area (Å²) in [5, 5.41) is 11.9. The van der Waals surface area contributed by atoms with Crippen LogP contribution in [0, 0.1) is 0 Å². The van der Waals surface area contributed by atoms with E-state index in [1.807, 2.05) is 0 Å². The lowest BCUT2D eigenvalue weighted by atomic mass is 10.0. The van der Waals surface area contributed by atoms with Gasteiger partial charge in [0.25, 0.3) is 0 Å². The molecule has 1 amide bonds. The third-order valence-corrected chi connectivity index (χ3v) is 9.38. The Morgan fingerprint density at radius 1 is 0.577 bits per heavy atom. The fourth-order valence-corrected chi connectivity index (χ4v) is 6.17. The van der Waals surface area contributed by atoms with Crippen molar-refractivity contribution in [3.63, 3.8) is 0 Å². The SMILES string of the molecule is CC/C=C\C/C=C\C/C=C\CCCCCCCC(=O)OC(CCC/C=C\CCCCCCCC)CCCCCCCC(=O)NC(CCCN)C(=O)O. The number of carboxylic acids is 1. The molecule has 2 atom stereocenters. The number of allylic oxidation sites excluding steroid dienone is 8. The van der Waals surface area contributed by atoms with Gasteiger partial charge in [-0.3, -0.25) is 9.59 Å². The van der Waals surface area contributed by atoms with Gasteiger partial charge >= 0.3 is 11.9 Å². The van der Waals surface area contributed by atoms with Gasteiger partial charge in [0.2, 0.25) is 5.91 Å². The summed E-state index contributed by atoms with van der Waals surface area (Å²) in [6.07, 6.45) is 47.2. The van der Waals surface area contributed by atoms with E-state index >= 15 is 0 Å². The van der Waals surface area contributed by atoms with E-state index in [1.54, 1.807) is 0 Å². The number of nitrogens with two attached hydrogens (primary N) is 1. The number of aliphatic carboxylic acids is 1. The Labute approximate surface area is 319 Å². The number of hydrogen-bond acceptors (Lipinski definition) is 5. The quantitative estimate of drug-likeness (QED) is 0.0331. The molecule has 7 nitrogen and oxygen atoms in total. The fraction of sp³-hybridized carbons (Fsp3) is 0.756. The van der Waals surface area contributed by atoms with Crippen molar-refractivity contribution in [1.82, 2.24) is 5.32 Å². The average Bonchev–Trinajstić information content (AvgIpc) is 3.13. The molecule has 300 valence electrons. The van der Waals surface area contributed by atoms with E-state index in [9.17, 15) is 19.5 Å². The summed E-state index contributed by atoms with van der Waals surface area (Å²) in [5.41, 5.74) is 5.48.